The van der Waals surface area contributed by atoms with E-state index in [1.165, 1.54) is 19.3 Å². The number of nitrogens with one attached hydrogen (secondary N) is 1. The Kier molecular flexibility index (Phi) is 2.91. The lowest BCUT2D eigenvalue weighted by atomic mass is 9.83. The first-order chi connectivity index (χ1) is 8.78. The van der Waals surface area contributed by atoms with E-state index < -0.39 is 0 Å². The molecule has 5 nitrogen and oxygen atoms in total. The molecule has 5 heteroatoms. The van der Waals surface area contributed by atoms with Gasteiger partial charge in [-0.2, -0.15) is 0 Å². The Morgan fingerprint density at radius 1 is 1.44 bits per heavy atom. The van der Waals surface area contributed by atoms with Crippen molar-refractivity contribution in [1.29, 1.82) is 0 Å². The first-order valence-corrected chi connectivity index (χ1v) is 6.59. The van der Waals surface area contributed by atoms with Crippen molar-refractivity contribution in [3.8, 4) is 0 Å². The van der Waals surface area contributed by atoms with Crippen LogP contribution in [0.2, 0.25) is 0 Å². The second kappa shape index (κ2) is 4.57. The van der Waals surface area contributed by atoms with Gasteiger partial charge in [0, 0.05) is 29.4 Å². The van der Waals surface area contributed by atoms with Crippen LogP contribution in [0.4, 0.5) is 0 Å². The second-order valence-electron chi connectivity index (χ2n) is 5.01. The van der Waals surface area contributed by atoms with Crippen LogP contribution in [0.3, 0.4) is 0 Å². The number of nitrogens with zero attached hydrogens (tertiary/aromatic N) is 2. The van der Waals surface area contributed by atoms with Gasteiger partial charge in [-0.05, 0) is 32.2 Å². The third kappa shape index (κ3) is 1.95. The molecule has 0 spiro atoms. The van der Waals surface area contributed by atoms with E-state index >= 15 is 0 Å². The Morgan fingerprint density at radius 3 is 2.94 bits per heavy atom. The molecule has 96 valence electrons. The average molecular weight is 246 g/mol. The fourth-order valence-electron chi connectivity index (χ4n) is 2.40. The van der Waals surface area contributed by atoms with Gasteiger partial charge in [-0.15, -0.1) is 0 Å². The van der Waals surface area contributed by atoms with Crippen LogP contribution in [-0.2, 0) is 6.42 Å². The number of H-pyrrole nitrogens is 1. The van der Waals surface area contributed by atoms with Gasteiger partial charge in [-0.25, -0.2) is 9.50 Å². The number of aromatic amines is 1. The molecule has 2 aromatic rings. The minimum absolute atomic E-state index is 0.0300. The van der Waals surface area contributed by atoms with Crippen LogP contribution in [0.15, 0.2) is 16.9 Å². The molecule has 0 bridgehead atoms. The molecule has 0 unspecified atom stereocenters. The molecule has 1 saturated carbocycles. The summed E-state index contributed by atoms with van der Waals surface area (Å²) in [5.41, 5.74) is 8.16. The molecule has 2 aromatic heterocycles. The highest BCUT2D eigenvalue weighted by molar-refractivity contribution is 5.41. The molecule has 2 heterocycles. The Morgan fingerprint density at radius 2 is 2.28 bits per heavy atom. The van der Waals surface area contributed by atoms with Crippen LogP contribution in [-0.4, -0.2) is 21.1 Å². The summed E-state index contributed by atoms with van der Waals surface area (Å²) in [6.45, 7) is 0.626. The van der Waals surface area contributed by atoms with Gasteiger partial charge in [0.25, 0.3) is 5.56 Å². The zero-order chi connectivity index (χ0) is 12.5. The average Bonchev–Trinajstić information content (AvgIpc) is 2.68. The van der Waals surface area contributed by atoms with E-state index in [4.69, 9.17) is 5.73 Å². The smallest absolute Gasteiger partial charge is 0.272 e. The van der Waals surface area contributed by atoms with Crippen molar-refractivity contribution in [3.63, 3.8) is 0 Å². The molecule has 0 saturated heterocycles. The minimum Gasteiger partial charge on any atom is -0.330 e. The number of fused-ring (bicyclic) bond motifs is 1. The molecule has 1 aliphatic rings. The summed E-state index contributed by atoms with van der Waals surface area (Å²) in [5.74, 6) is 0.582. The normalized spacial score (nSPS) is 16.1. The molecular formula is C13H18N4O. The second-order valence-corrected chi connectivity index (χ2v) is 5.01. The molecule has 3 N–H and O–H groups in total. The Balaban J connectivity index is 1.98. The lowest BCUT2D eigenvalue weighted by Gasteiger charge is -2.23. The van der Waals surface area contributed by atoms with Gasteiger partial charge in [0.05, 0.1) is 0 Å². The predicted molar refractivity (Wildman–Crippen MR) is 69.8 cm³/mol. The summed E-state index contributed by atoms with van der Waals surface area (Å²) in [4.78, 5) is 16.5. The quantitative estimate of drug-likeness (QED) is 0.850. The van der Waals surface area contributed by atoms with E-state index in [-0.39, 0.29) is 5.56 Å². The summed E-state index contributed by atoms with van der Waals surface area (Å²) < 4.78 is 1.54. The third-order valence-electron chi connectivity index (χ3n) is 3.71. The van der Waals surface area contributed by atoms with E-state index in [9.17, 15) is 4.79 Å². The van der Waals surface area contributed by atoms with Crippen molar-refractivity contribution in [3.05, 3.63) is 33.9 Å². The van der Waals surface area contributed by atoms with Crippen LogP contribution in [0.25, 0.3) is 5.65 Å². The summed E-state index contributed by atoms with van der Waals surface area (Å²) >= 11 is 0. The van der Waals surface area contributed by atoms with E-state index in [2.05, 4.69) is 10.1 Å². The van der Waals surface area contributed by atoms with E-state index in [0.717, 1.165) is 29.9 Å². The molecule has 18 heavy (non-hydrogen) atoms. The monoisotopic (exact) mass is 246 g/mol. The maximum Gasteiger partial charge on any atom is 0.272 e. The summed E-state index contributed by atoms with van der Waals surface area (Å²) in [7, 11) is 0. The van der Waals surface area contributed by atoms with Gasteiger partial charge in [-0.1, -0.05) is 6.42 Å². The lowest BCUT2D eigenvalue weighted by molar-refractivity contribution is 0.409. The number of aryl methyl sites for hydroxylation is 1. The van der Waals surface area contributed by atoms with Gasteiger partial charge in [0.2, 0.25) is 0 Å². The third-order valence-corrected chi connectivity index (χ3v) is 3.71. The van der Waals surface area contributed by atoms with Crippen molar-refractivity contribution >= 4 is 5.65 Å². The Hall–Kier alpha value is -1.62. The van der Waals surface area contributed by atoms with Crippen LogP contribution < -0.4 is 11.3 Å². The van der Waals surface area contributed by atoms with Crippen LogP contribution in [0.5, 0.6) is 0 Å². The fraction of sp³-hybridized carbons (Fsp3) is 0.538. The van der Waals surface area contributed by atoms with Crippen LogP contribution >= 0.6 is 0 Å². The Bertz CT molecular complexity index is 609. The maximum absolute atomic E-state index is 12.0. The molecule has 0 amide bonds. The summed E-state index contributed by atoms with van der Waals surface area (Å²) in [5, 5.41) is 3.17. The van der Waals surface area contributed by atoms with Gasteiger partial charge < -0.3 is 5.73 Å². The zero-order valence-electron chi connectivity index (χ0n) is 10.4. The first kappa shape index (κ1) is 11.5. The van der Waals surface area contributed by atoms with Gasteiger partial charge in [-0.3, -0.25) is 9.89 Å². The summed E-state index contributed by atoms with van der Waals surface area (Å²) in [6.07, 6.45) is 5.34. The largest absolute Gasteiger partial charge is 0.330 e. The molecular weight excluding hydrogens is 228 g/mol. The van der Waals surface area contributed by atoms with Crippen molar-refractivity contribution in [2.24, 2.45) is 5.73 Å². The van der Waals surface area contributed by atoms with Crippen molar-refractivity contribution < 1.29 is 0 Å². The predicted octanol–water partition coefficient (Wildman–Crippen LogP) is 1.18. The molecule has 0 aromatic carbocycles. The number of hydrogen-bond acceptors (Lipinski definition) is 3. The van der Waals surface area contributed by atoms with Crippen molar-refractivity contribution in [2.75, 3.05) is 6.54 Å². The highest BCUT2D eigenvalue weighted by Gasteiger charge is 2.21. The van der Waals surface area contributed by atoms with Crippen molar-refractivity contribution in [2.45, 2.75) is 38.0 Å². The van der Waals surface area contributed by atoms with Gasteiger partial charge >= 0.3 is 0 Å². The SMILES string of the molecule is NCCCc1cc(=O)n2[nH]c(C3CCC3)cc2n1. The standard InChI is InChI=1S/C13H18N4O/c14-6-2-5-10-7-13(18)17-12(15-10)8-11(16-17)9-3-1-4-9/h7-9,16H,1-6,14H2. The fourth-order valence-corrected chi connectivity index (χ4v) is 2.40. The maximum atomic E-state index is 12.0. The van der Waals surface area contributed by atoms with Crippen LogP contribution in [0, 0.1) is 0 Å². The first-order valence-electron chi connectivity index (χ1n) is 6.59. The molecule has 0 atom stereocenters. The highest BCUT2D eigenvalue weighted by Crippen LogP contribution is 2.35. The van der Waals surface area contributed by atoms with Gasteiger partial charge in [0.15, 0.2) is 5.65 Å². The summed E-state index contributed by atoms with van der Waals surface area (Å²) in [6, 6.07) is 3.61. The van der Waals surface area contributed by atoms with Gasteiger partial charge in [0.1, 0.15) is 0 Å². The minimum atomic E-state index is -0.0300. The van der Waals surface area contributed by atoms with E-state index in [1.54, 1.807) is 10.6 Å². The van der Waals surface area contributed by atoms with Crippen LogP contribution in [0.1, 0.15) is 43.0 Å². The molecule has 0 aliphatic heterocycles. The number of nitrogens with two attached hydrogens (primary N) is 1. The molecule has 1 fully saturated rings. The van der Waals surface area contributed by atoms with E-state index in [0.29, 0.717) is 12.5 Å². The number of aromatic nitrogens is 3. The highest BCUT2D eigenvalue weighted by atomic mass is 16.1. The molecule has 1 aliphatic carbocycles. The zero-order valence-corrected chi connectivity index (χ0v) is 10.4. The number of hydrogen-bond donors (Lipinski definition) is 2. The topological polar surface area (TPSA) is 76.2 Å². The molecule has 3 rings (SSSR count). The lowest BCUT2D eigenvalue weighted by Crippen LogP contribution is -2.17. The Labute approximate surface area is 105 Å². The molecule has 0 radical (unpaired) electrons. The van der Waals surface area contributed by atoms with Crippen molar-refractivity contribution in [1.82, 2.24) is 14.6 Å². The van der Waals surface area contributed by atoms with E-state index in [1.807, 2.05) is 6.07 Å². The number of rotatable bonds is 4.